The Kier molecular flexibility index (Phi) is 3.10. The van der Waals surface area contributed by atoms with Gasteiger partial charge in [0.05, 0.1) is 17.3 Å². The average molecular weight is 269 g/mol. The fourth-order valence-electron chi connectivity index (χ4n) is 2.61. The summed E-state index contributed by atoms with van der Waals surface area (Å²) in [6, 6.07) is 8.51. The third kappa shape index (κ3) is 2.22. The maximum atomic E-state index is 10.9. The number of carbonyl (C=O) groups is 1. The van der Waals surface area contributed by atoms with Crippen LogP contribution in [-0.4, -0.2) is 21.0 Å². The van der Waals surface area contributed by atoms with E-state index < -0.39 is 5.97 Å². The topological polar surface area (TPSA) is 75.1 Å². The van der Waals surface area contributed by atoms with Gasteiger partial charge in [0.15, 0.2) is 0 Å². The van der Waals surface area contributed by atoms with Crippen LogP contribution < -0.4 is 5.32 Å². The monoisotopic (exact) mass is 269 g/mol. The molecule has 0 fully saturated rings. The second-order valence-corrected chi connectivity index (χ2v) is 4.93. The van der Waals surface area contributed by atoms with Gasteiger partial charge in [-0.1, -0.05) is 24.3 Å². The van der Waals surface area contributed by atoms with Gasteiger partial charge in [-0.15, -0.1) is 0 Å². The van der Waals surface area contributed by atoms with Gasteiger partial charge in [-0.2, -0.15) is 0 Å². The number of carboxylic acid groups (broad SMARTS) is 1. The number of aromatic carboxylic acids is 1. The second kappa shape index (κ2) is 4.92. The van der Waals surface area contributed by atoms with Crippen molar-refractivity contribution in [1.29, 1.82) is 0 Å². The summed E-state index contributed by atoms with van der Waals surface area (Å²) in [4.78, 5) is 19.3. The summed E-state index contributed by atoms with van der Waals surface area (Å²) >= 11 is 0. The molecule has 102 valence electrons. The largest absolute Gasteiger partial charge is 0.478 e. The summed E-state index contributed by atoms with van der Waals surface area (Å²) in [6.07, 6.45) is 3.40. The van der Waals surface area contributed by atoms with Crippen LogP contribution in [0.5, 0.6) is 0 Å². The van der Waals surface area contributed by atoms with Gasteiger partial charge in [0.2, 0.25) is 5.95 Å². The van der Waals surface area contributed by atoms with Gasteiger partial charge < -0.3 is 10.4 Å². The molecular weight excluding hydrogens is 254 g/mol. The average Bonchev–Trinajstić information content (AvgIpc) is 2.82. The van der Waals surface area contributed by atoms with Crippen molar-refractivity contribution in [2.75, 3.05) is 5.32 Å². The molecule has 0 spiro atoms. The molecular formula is C15H15N3O2. The van der Waals surface area contributed by atoms with E-state index in [0.29, 0.717) is 11.6 Å². The molecule has 1 aliphatic carbocycles. The Balaban J connectivity index is 1.83. The van der Waals surface area contributed by atoms with Crippen LogP contribution in [0.3, 0.4) is 0 Å². The highest BCUT2D eigenvalue weighted by molar-refractivity contribution is 5.88. The molecule has 0 bridgehead atoms. The molecule has 1 aromatic heterocycles. The standard InChI is InChI=1S/C15H15N3O2/c1-9-12(14(19)20)8-16-15(17-9)18-13-7-6-10-4-2-3-5-11(10)13/h2-5,8,13H,6-7H2,1H3,(H,19,20)(H,16,17,18). The normalized spacial score (nSPS) is 16.8. The van der Waals surface area contributed by atoms with Gasteiger partial charge in [-0.05, 0) is 30.9 Å². The lowest BCUT2D eigenvalue weighted by Gasteiger charge is -2.14. The molecule has 0 amide bonds. The Morgan fingerprint density at radius 1 is 1.40 bits per heavy atom. The number of aryl methyl sites for hydroxylation is 2. The highest BCUT2D eigenvalue weighted by Crippen LogP contribution is 2.32. The lowest BCUT2D eigenvalue weighted by Crippen LogP contribution is -2.12. The van der Waals surface area contributed by atoms with Crippen molar-refractivity contribution in [2.24, 2.45) is 0 Å². The molecule has 1 aliphatic rings. The molecule has 20 heavy (non-hydrogen) atoms. The molecule has 5 heteroatoms. The summed E-state index contributed by atoms with van der Waals surface area (Å²) in [5.41, 5.74) is 3.24. The van der Waals surface area contributed by atoms with Crippen molar-refractivity contribution in [3.8, 4) is 0 Å². The molecule has 1 unspecified atom stereocenters. The van der Waals surface area contributed by atoms with E-state index in [9.17, 15) is 4.79 Å². The molecule has 1 heterocycles. The van der Waals surface area contributed by atoms with Crippen LogP contribution in [-0.2, 0) is 6.42 Å². The zero-order valence-corrected chi connectivity index (χ0v) is 11.1. The Hall–Kier alpha value is -2.43. The number of hydrogen-bond acceptors (Lipinski definition) is 4. The zero-order valence-electron chi connectivity index (χ0n) is 11.1. The smallest absolute Gasteiger partial charge is 0.339 e. The molecule has 3 rings (SSSR count). The van der Waals surface area contributed by atoms with Crippen LogP contribution >= 0.6 is 0 Å². The SMILES string of the molecule is Cc1nc(NC2CCc3ccccc32)ncc1C(=O)O. The zero-order chi connectivity index (χ0) is 14.1. The van der Waals surface area contributed by atoms with Crippen LogP contribution in [0, 0.1) is 6.92 Å². The minimum atomic E-state index is -1.000. The number of fused-ring (bicyclic) bond motifs is 1. The highest BCUT2D eigenvalue weighted by Gasteiger charge is 2.22. The third-order valence-corrected chi connectivity index (χ3v) is 3.65. The maximum Gasteiger partial charge on any atom is 0.339 e. The first kappa shape index (κ1) is 12.6. The van der Waals surface area contributed by atoms with Crippen molar-refractivity contribution >= 4 is 11.9 Å². The van der Waals surface area contributed by atoms with Gasteiger partial charge in [0, 0.05) is 6.20 Å². The minimum Gasteiger partial charge on any atom is -0.478 e. The molecule has 5 nitrogen and oxygen atoms in total. The minimum absolute atomic E-state index is 0.141. The van der Waals surface area contributed by atoms with Crippen LogP contribution in [0.4, 0.5) is 5.95 Å². The summed E-state index contributed by atoms with van der Waals surface area (Å²) in [5.74, 6) is -0.519. The fourth-order valence-corrected chi connectivity index (χ4v) is 2.61. The molecule has 2 aromatic rings. The van der Waals surface area contributed by atoms with Crippen molar-refractivity contribution < 1.29 is 9.90 Å². The number of hydrogen-bond donors (Lipinski definition) is 2. The predicted molar refractivity (Wildman–Crippen MR) is 74.9 cm³/mol. The number of anilines is 1. The van der Waals surface area contributed by atoms with Crippen molar-refractivity contribution in [2.45, 2.75) is 25.8 Å². The van der Waals surface area contributed by atoms with Crippen LogP contribution in [0.1, 0.15) is 39.6 Å². The van der Waals surface area contributed by atoms with Gasteiger partial charge in [-0.3, -0.25) is 0 Å². The van der Waals surface area contributed by atoms with E-state index >= 15 is 0 Å². The Morgan fingerprint density at radius 2 is 2.20 bits per heavy atom. The first-order valence-electron chi connectivity index (χ1n) is 6.56. The van der Waals surface area contributed by atoms with Crippen LogP contribution in [0.25, 0.3) is 0 Å². The quantitative estimate of drug-likeness (QED) is 0.895. The summed E-state index contributed by atoms with van der Waals surface area (Å²) in [6.45, 7) is 1.68. The summed E-state index contributed by atoms with van der Waals surface area (Å²) in [7, 11) is 0. The first-order chi connectivity index (χ1) is 9.65. The lowest BCUT2D eigenvalue weighted by atomic mass is 10.1. The number of nitrogens with zero attached hydrogens (tertiary/aromatic N) is 2. The van der Waals surface area contributed by atoms with E-state index in [0.717, 1.165) is 12.8 Å². The molecule has 0 saturated heterocycles. The molecule has 0 aliphatic heterocycles. The van der Waals surface area contributed by atoms with Crippen LogP contribution in [0.2, 0.25) is 0 Å². The van der Waals surface area contributed by atoms with E-state index in [1.54, 1.807) is 6.92 Å². The van der Waals surface area contributed by atoms with Crippen LogP contribution in [0.15, 0.2) is 30.5 Å². The first-order valence-corrected chi connectivity index (χ1v) is 6.56. The maximum absolute atomic E-state index is 10.9. The van der Waals surface area contributed by atoms with Crippen molar-refractivity contribution in [1.82, 2.24) is 9.97 Å². The van der Waals surface area contributed by atoms with Gasteiger partial charge in [-0.25, -0.2) is 14.8 Å². The van der Waals surface area contributed by atoms with E-state index in [4.69, 9.17) is 5.11 Å². The summed E-state index contributed by atoms with van der Waals surface area (Å²) in [5, 5.41) is 12.3. The fraction of sp³-hybridized carbons (Fsp3) is 0.267. The number of nitrogens with one attached hydrogen (secondary N) is 1. The highest BCUT2D eigenvalue weighted by atomic mass is 16.4. The lowest BCUT2D eigenvalue weighted by molar-refractivity contribution is 0.0695. The third-order valence-electron chi connectivity index (χ3n) is 3.65. The second-order valence-electron chi connectivity index (χ2n) is 4.93. The van der Waals surface area contributed by atoms with Gasteiger partial charge in [0.25, 0.3) is 0 Å². The predicted octanol–water partition coefficient (Wildman–Crippen LogP) is 2.58. The molecule has 0 radical (unpaired) electrons. The van der Waals surface area contributed by atoms with E-state index in [1.165, 1.54) is 17.3 Å². The Morgan fingerprint density at radius 3 is 2.95 bits per heavy atom. The number of benzene rings is 1. The Labute approximate surface area is 116 Å². The number of aromatic nitrogens is 2. The summed E-state index contributed by atoms with van der Waals surface area (Å²) < 4.78 is 0. The van der Waals surface area contributed by atoms with E-state index in [1.807, 2.05) is 12.1 Å². The van der Waals surface area contributed by atoms with Gasteiger partial charge in [0.1, 0.15) is 0 Å². The number of rotatable bonds is 3. The molecule has 1 aromatic carbocycles. The van der Waals surface area contributed by atoms with E-state index in [2.05, 4.69) is 27.4 Å². The molecule has 0 saturated carbocycles. The van der Waals surface area contributed by atoms with Gasteiger partial charge >= 0.3 is 5.97 Å². The van der Waals surface area contributed by atoms with Crippen molar-refractivity contribution in [3.63, 3.8) is 0 Å². The molecule has 2 N–H and O–H groups in total. The Bertz CT molecular complexity index is 670. The number of carboxylic acids is 1. The molecule has 1 atom stereocenters. The van der Waals surface area contributed by atoms with Crippen molar-refractivity contribution in [3.05, 3.63) is 52.8 Å². The van der Waals surface area contributed by atoms with E-state index in [-0.39, 0.29) is 11.6 Å².